The summed E-state index contributed by atoms with van der Waals surface area (Å²) >= 11 is 0. The number of ketones is 1. The summed E-state index contributed by atoms with van der Waals surface area (Å²) in [6, 6.07) is 12.7. The highest BCUT2D eigenvalue weighted by molar-refractivity contribution is 6.11. The number of halogens is 2. The van der Waals surface area contributed by atoms with Crippen LogP contribution in [0, 0.1) is 11.6 Å². The van der Waals surface area contributed by atoms with Gasteiger partial charge in [-0.3, -0.25) is 4.79 Å². The van der Waals surface area contributed by atoms with Gasteiger partial charge in [-0.15, -0.1) is 0 Å². The molecule has 2 heterocycles. The molecular formula is C26H22F2N2O2. The number of benzene rings is 2. The zero-order valence-corrected chi connectivity index (χ0v) is 18.0. The lowest BCUT2D eigenvalue weighted by molar-refractivity contribution is 0.101. The number of ether oxygens (including phenoxy) is 1. The molecule has 4 nitrogen and oxygen atoms in total. The van der Waals surface area contributed by atoms with Crippen LogP contribution in [0.3, 0.4) is 0 Å². The summed E-state index contributed by atoms with van der Waals surface area (Å²) in [5.41, 5.74) is 3.53. The fraction of sp³-hybridized carbons (Fsp3) is 0.154. The van der Waals surface area contributed by atoms with Crippen LogP contribution in [0.4, 0.5) is 8.78 Å². The third-order valence-electron chi connectivity index (χ3n) is 5.35. The Morgan fingerprint density at radius 2 is 1.97 bits per heavy atom. The summed E-state index contributed by atoms with van der Waals surface area (Å²) < 4.78 is 35.6. The van der Waals surface area contributed by atoms with E-state index in [0.29, 0.717) is 22.7 Å². The van der Waals surface area contributed by atoms with Crippen molar-refractivity contribution < 1.29 is 18.3 Å². The topological polar surface area (TPSA) is 44.1 Å². The Kier molecular flexibility index (Phi) is 5.86. The van der Waals surface area contributed by atoms with E-state index in [9.17, 15) is 13.6 Å². The van der Waals surface area contributed by atoms with Crippen LogP contribution < -0.4 is 4.74 Å². The highest BCUT2D eigenvalue weighted by Crippen LogP contribution is 2.40. The average Bonchev–Trinajstić information content (AvgIpc) is 3.10. The molecule has 0 saturated carbocycles. The molecule has 0 atom stereocenters. The van der Waals surface area contributed by atoms with E-state index in [-0.39, 0.29) is 17.9 Å². The average molecular weight is 432 g/mol. The Morgan fingerprint density at radius 1 is 1.16 bits per heavy atom. The summed E-state index contributed by atoms with van der Waals surface area (Å²) in [5, 5.41) is 0.800. The minimum absolute atomic E-state index is 0.000544. The van der Waals surface area contributed by atoms with Crippen LogP contribution in [0.15, 0.2) is 60.8 Å². The van der Waals surface area contributed by atoms with Crippen molar-refractivity contribution in [2.75, 3.05) is 7.11 Å². The van der Waals surface area contributed by atoms with Crippen molar-refractivity contribution in [3.8, 4) is 17.0 Å². The number of hydrogen-bond acceptors (Lipinski definition) is 3. The summed E-state index contributed by atoms with van der Waals surface area (Å²) in [6.07, 6.45) is 5.50. The number of nitrogens with zero attached hydrogens (tertiary/aromatic N) is 2. The molecule has 2 aromatic heterocycles. The van der Waals surface area contributed by atoms with Gasteiger partial charge in [0.1, 0.15) is 11.6 Å². The van der Waals surface area contributed by atoms with Gasteiger partial charge in [-0.25, -0.2) is 13.8 Å². The van der Waals surface area contributed by atoms with Crippen LogP contribution in [0.2, 0.25) is 0 Å². The highest BCUT2D eigenvalue weighted by atomic mass is 19.1. The number of pyridine rings is 1. The Balaban J connectivity index is 2.09. The van der Waals surface area contributed by atoms with Gasteiger partial charge in [-0.1, -0.05) is 18.2 Å². The SMILES string of the molecule is C/C=C\c1ccc2c(c1)c(-c1cccnc1OC)c(C(C)=O)n2Cc1cc(F)ccc1F. The van der Waals surface area contributed by atoms with Crippen molar-refractivity contribution in [2.45, 2.75) is 20.4 Å². The molecule has 4 aromatic rings. The van der Waals surface area contributed by atoms with Crippen molar-refractivity contribution in [3.05, 3.63) is 89.3 Å². The molecule has 2 aromatic carbocycles. The maximum Gasteiger partial charge on any atom is 0.221 e. The van der Waals surface area contributed by atoms with Crippen LogP contribution in [0.25, 0.3) is 28.1 Å². The molecule has 0 aliphatic rings. The second kappa shape index (κ2) is 8.75. The number of methoxy groups -OCH3 is 1. The third kappa shape index (κ3) is 3.80. The maximum atomic E-state index is 14.5. The molecule has 4 rings (SSSR count). The van der Waals surface area contributed by atoms with Crippen molar-refractivity contribution in [3.63, 3.8) is 0 Å². The fourth-order valence-corrected chi connectivity index (χ4v) is 4.05. The number of carbonyl (C=O) groups is 1. The minimum Gasteiger partial charge on any atom is -0.481 e. The first-order valence-electron chi connectivity index (χ1n) is 10.2. The second-order valence-corrected chi connectivity index (χ2v) is 7.44. The molecule has 0 saturated heterocycles. The van der Waals surface area contributed by atoms with Gasteiger partial charge in [0.05, 0.1) is 19.3 Å². The van der Waals surface area contributed by atoms with Crippen molar-refractivity contribution in [1.29, 1.82) is 0 Å². The Morgan fingerprint density at radius 3 is 2.69 bits per heavy atom. The van der Waals surface area contributed by atoms with Gasteiger partial charge in [-0.2, -0.15) is 0 Å². The number of fused-ring (bicyclic) bond motifs is 1. The van der Waals surface area contributed by atoms with Crippen LogP contribution in [0.5, 0.6) is 5.88 Å². The monoisotopic (exact) mass is 432 g/mol. The van der Waals surface area contributed by atoms with Crippen LogP contribution in [0.1, 0.15) is 35.5 Å². The molecule has 0 bridgehead atoms. The highest BCUT2D eigenvalue weighted by Gasteiger charge is 2.25. The van der Waals surface area contributed by atoms with E-state index in [1.54, 1.807) is 16.8 Å². The van der Waals surface area contributed by atoms with Gasteiger partial charge in [-0.05, 0) is 55.0 Å². The van der Waals surface area contributed by atoms with Gasteiger partial charge in [0.15, 0.2) is 5.78 Å². The summed E-state index contributed by atoms with van der Waals surface area (Å²) in [7, 11) is 1.52. The molecule has 6 heteroatoms. The van der Waals surface area contributed by atoms with E-state index in [1.807, 2.05) is 43.3 Å². The number of allylic oxidation sites excluding steroid dienone is 1. The molecule has 0 N–H and O–H groups in total. The molecule has 0 radical (unpaired) electrons. The largest absolute Gasteiger partial charge is 0.481 e. The first kappa shape index (κ1) is 21.4. The van der Waals surface area contributed by atoms with Gasteiger partial charge in [0.2, 0.25) is 5.88 Å². The molecule has 0 fully saturated rings. The van der Waals surface area contributed by atoms with Gasteiger partial charge in [0, 0.05) is 40.7 Å². The lowest BCUT2D eigenvalue weighted by Crippen LogP contribution is -2.10. The van der Waals surface area contributed by atoms with Crippen molar-refractivity contribution in [2.24, 2.45) is 0 Å². The fourth-order valence-electron chi connectivity index (χ4n) is 4.05. The predicted molar refractivity (Wildman–Crippen MR) is 122 cm³/mol. The van der Waals surface area contributed by atoms with E-state index in [4.69, 9.17) is 4.74 Å². The van der Waals surface area contributed by atoms with Gasteiger partial charge in [0.25, 0.3) is 0 Å². The maximum absolute atomic E-state index is 14.5. The van der Waals surface area contributed by atoms with Crippen LogP contribution >= 0.6 is 0 Å². The van der Waals surface area contributed by atoms with E-state index in [0.717, 1.165) is 34.7 Å². The molecule has 0 unspecified atom stereocenters. The number of carbonyl (C=O) groups excluding carboxylic acids is 1. The molecule has 0 amide bonds. The van der Waals surface area contributed by atoms with Crippen LogP contribution in [-0.4, -0.2) is 22.4 Å². The Labute approximate surface area is 184 Å². The van der Waals surface area contributed by atoms with Gasteiger partial charge < -0.3 is 9.30 Å². The zero-order chi connectivity index (χ0) is 22.8. The van der Waals surface area contributed by atoms with Crippen molar-refractivity contribution >= 4 is 22.8 Å². The first-order valence-corrected chi connectivity index (χ1v) is 10.2. The Hall–Kier alpha value is -3.80. The third-order valence-corrected chi connectivity index (χ3v) is 5.35. The molecular weight excluding hydrogens is 410 g/mol. The molecule has 0 aliphatic carbocycles. The van der Waals surface area contributed by atoms with Crippen LogP contribution in [-0.2, 0) is 6.54 Å². The summed E-state index contributed by atoms with van der Waals surface area (Å²) in [4.78, 5) is 17.2. The molecule has 162 valence electrons. The summed E-state index contributed by atoms with van der Waals surface area (Å²) in [5.74, 6) is -0.894. The quantitative estimate of drug-likeness (QED) is 0.337. The number of rotatable bonds is 6. The summed E-state index contributed by atoms with van der Waals surface area (Å²) in [6.45, 7) is 3.39. The number of hydrogen-bond donors (Lipinski definition) is 0. The van der Waals surface area contributed by atoms with E-state index < -0.39 is 11.6 Å². The molecule has 32 heavy (non-hydrogen) atoms. The number of aromatic nitrogens is 2. The Bertz CT molecular complexity index is 1360. The number of Topliss-reactive ketones (excluding diaryl/α,β-unsaturated/α-hetero) is 1. The zero-order valence-electron chi connectivity index (χ0n) is 18.0. The standard InChI is InChI=1S/C26H22F2N2O2/c1-4-6-17-8-11-23-21(13-17)24(20-7-5-12-29-26(20)32-3)25(16(2)31)30(23)15-18-14-19(27)9-10-22(18)28/h4-14H,15H2,1-3H3/b6-4-. The van der Waals surface area contributed by atoms with Crippen molar-refractivity contribution in [1.82, 2.24) is 9.55 Å². The normalized spacial score (nSPS) is 11.4. The molecule has 0 spiro atoms. The first-order chi connectivity index (χ1) is 15.4. The second-order valence-electron chi connectivity index (χ2n) is 7.44. The minimum atomic E-state index is -0.535. The lowest BCUT2D eigenvalue weighted by Gasteiger charge is -2.12. The molecule has 0 aliphatic heterocycles. The van der Waals surface area contributed by atoms with Gasteiger partial charge >= 0.3 is 0 Å². The smallest absolute Gasteiger partial charge is 0.221 e. The predicted octanol–water partition coefficient (Wildman–Crippen LogP) is 6.27. The van der Waals surface area contributed by atoms with E-state index in [2.05, 4.69) is 4.98 Å². The van der Waals surface area contributed by atoms with E-state index >= 15 is 0 Å². The van der Waals surface area contributed by atoms with E-state index in [1.165, 1.54) is 14.0 Å². The lowest BCUT2D eigenvalue weighted by atomic mass is 10.00.